The minimum absolute atomic E-state index is 0.115. The van der Waals surface area contributed by atoms with Gasteiger partial charge in [-0.25, -0.2) is 0 Å². The Morgan fingerprint density at radius 3 is 2.52 bits per heavy atom. The molecule has 0 aromatic heterocycles. The van der Waals surface area contributed by atoms with Gasteiger partial charge in [0.2, 0.25) is 0 Å². The predicted molar refractivity (Wildman–Crippen MR) is 96.9 cm³/mol. The predicted octanol–water partition coefficient (Wildman–Crippen LogP) is 4.44. The summed E-state index contributed by atoms with van der Waals surface area (Å²) < 4.78 is 5.79. The summed E-state index contributed by atoms with van der Waals surface area (Å²) in [5, 5.41) is 12.3. The molecular weight excluding hydrogens is 312 g/mol. The van der Waals surface area contributed by atoms with Crippen molar-refractivity contribution in [1.29, 1.82) is 5.26 Å². The third kappa shape index (κ3) is 4.71. The van der Waals surface area contributed by atoms with Crippen LogP contribution in [0.25, 0.3) is 6.08 Å². The summed E-state index contributed by atoms with van der Waals surface area (Å²) in [4.78, 5) is 12.3. The lowest BCUT2D eigenvalue weighted by Gasteiger charge is -2.11. The first kappa shape index (κ1) is 16.8. The fourth-order valence-electron chi connectivity index (χ4n) is 2.94. The Morgan fingerprint density at radius 2 is 1.80 bits per heavy atom. The smallest absolute Gasteiger partial charge is 0.262 e. The van der Waals surface area contributed by atoms with Crippen molar-refractivity contribution in [2.24, 2.45) is 0 Å². The van der Waals surface area contributed by atoms with Crippen molar-refractivity contribution in [3.05, 3.63) is 65.7 Å². The zero-order valence-corrected chi connectivity index (χ0v) is 13.9. The molecule has 2 aromatic carbocycles. The van der Waals surface area contributed by atoms with E-state index in [2.05, 4.69) is 5.32 Å². The topological polar surface area (TPSA) is 62.1 Å². The van der Waals surface area contributed by atoms with E-state index in [0.717, 1.165) is 37.0 Å². The maximum absolute atomic E-state index is 12.3. The summed E-state index contributed by atoms with van der Waals surface area (Å²) in [6.45, 7) is 0. The average Bonchev–Trinajstić information content (AvgIpc) is 3.14. The second-order valence-corrected chi connectivity index (χ2v) is 6.11. The van der Waals surface area contributed by atoms with Gasteiger partial charge in [0.05, 0.1) is 0 Å². The number of carbonyl (C=O) groups is 1. The van der Waals surface area contributed by atoms with E-state index >= 15 is 0 Å². The summed E-state index contributed by atoms with van der Waals surface area (Å²) >= 11 is 0. The first-order chi connectivity index (χ1) is 12.2. The second kappa shape index (κ2) is 8.16. The molecule has 0 aliphatic heterocycles. The monoisotopic (exact) mass is 332 g/mol. The molecule has 0 heterocycles. The third-order valence-corrected chi connectivity index (χ3v) is 4.20. The number of para-hydroxylation sites is 1. The van der Waals surface area contributed by atoms with Gasteiger partial charge in [0.15, 0.2) is 0 Å². The number of hydrogen-bond donors (Lipinski definition) is 1. The molecule has 1 amide bonds. The molecule has 25 heavy (non-hydrogen) atoms. The highest BCUT2D eigenvalue weighted by Crippen LogP contribution is 2.23. The van der Waals surface area contributed by atoms with Gasteiger partial charge in [0.1, 0.15) is 23.1 Å². The molecule has 2 aromatic rings. The molecule has 1 aliphatic rings. The number of benzene rings is 2. The van der Waals surface area contributed by atoms with Crippen molar-refractivity contribution < 1.29 is 9.53 Å². The van der Waals surface area contributed by atoms with Crippen molar-refractivity contribution in [3.63, 3.8) is 0 Å². The van der Waals surface area contributed by atoms with E-state index in [1.807, 2.05) is 60.7 Å². The minimum atomic E-state index is -0.302. The van der Waals surface area contributed by atoms with Gasteiger partial charge in [-0.15, -0.1) is 0 Å². The Bertz CT molecular complexity index is 800. The number of hydrogen-bond acceptors (Lipinski definition) is 3. The Kier molecular flexibility index (Phi) is 5.48. The normalized spacial score (nSPS) is 14.8. The summed E-state index contributed by atoms with van der Waals surface area (Å²) in [7, 11) is 0. The maximum Gasteiger partial charge on any atom is 0.262 e. The lowest BCUT2D eigenvalue weighted by molar-refractivity contribution is -0.117. The van der Waals surface area contributed by atoms with Gasteiger partial charge >= 0.3 is 0 Å². The van der Waals surface area contributed by atoms with Gasteiger partial charge in [0.25, 0.3) is 5.91 Å². The van der Waals surface area contributed by atoms with Crippen molar-refractivity contribution in [1.82, 2.24) is 5.32 Å². The number of nitrogens with one attached hydrogen (secondary N) is 1. The minimum Gasteiger partial charge on any atom is -0.457 e. The van der Waals surface area contributed by atoms with Crippen LogP contribution < -0.4 is 10.1 Å². The SMILES string of the molecule is N#C/C(=C/c1cccc(Oc2ccccc2)c1)C(=O)NC1CCCC1. The third-order valence-electron chi connectivity index (χ3n) is 4.20. The number of rotatable bonds is 5. The quantitative estimate of drug-likeness (QED) is 0.650. The van der Waals surface area contributed by atoms with E-state index in [9.17, 15) is 10.1 Å². The first-order valence-corrected chi connectivity index (χ1v) is 8.50. The molecule has 3 rings (SSSR count). The maximum atomic E-state index is 12.3. The molecule has 126 valence electrons. The molecule has 1 aliphatic carbocycles. The fraction of sp³-hybridized carbons (Fsp3) is 0.238. The van der Waals surface area contributed by atoms with Crippen LogP contribution >= 0.6 is 0 Å². The van der Waals surface area contributed by atoms with Crippen LogP contribution in [0.5, 0.6) is 11.5 Å². The molecule has 4 nitrogen and oxygen atoms in total. The van der Waals surface area contributed by atoms with Gasteiger partial charge in [-0.2, -0.15) is 5.26 Å². The highest BCUT2D eigenvalue weighted by molar-refractivity contribution is 6.01. The Balaban J connectivity index is 1.73. The molecule has 0 radical (unpaired) electrons. The zero-order chi connectivity index (χ0) is 17.5. The van der Waals surface area contributed by atoms with E-state index in [1.165, 1.54) is 0 Å². The highest BCUT2D eigenvalue weighted by atomic mass is 16.5. The summed E-state index contributed by atoms with van der Waals surface area (Å²) in [5.41, 5.74) is 0.871. The standard InChI is InChI=1S/C21H20N2O2/c22-15-17(21(24)23-18-8-4-5-9-18)13-16-7-6-12-20(14-16)25-19-10-2-1-3-11-19/h1-3,6-7,10-14,18H,4-5,8-9H2,(H,23,24)/b17-13-. The fourth-order valence-corrected chi connectivity index (χ4v) is 2.94. The van der Waals surface area contributed by atoms with Gasteiger partial charge in [0, 0.05) is 6.04 Å². The van der Waals surface area contributed by atoms with E-state index in [-0.39, 0.29) is 17.5 Å². The number of amides is 1. The first-order valence-electron chi connectivity index (χ1n) is 8.50. The van der Waals surface area contributed by atoms with Crippen LogP contribution in [0.1, 0.15) is 31.2 Å². The largest absolute Gasteiger partial charge is 0.457 e. The second-order valence-electron chi connectivity index (χ2n) is 6.11. The summed E-state index contributed by atoms with van der Waals surface area (Å²) in [5.74, 6) is 1.10. The molecular formula is C21H20N2O2. The molecule has 0 spiro atoms. The van der Waals surface area contributed by atoms with Crippen LogP contribution in [0.4, 0.5) is 0 Å². The van der Waals surface area contributed by atoms with Gasteiger partial charge in [-0.05, 0) is 48.7 Å². The summed E-state index contributed by atoms with van der Waals surface area (Å²) in [6, 6.07) is 19.0. The van der Waals surface area contributed by atoms with E-state index in [0.29, 0.717) is 5.75 Å². The number of nitriles is 1. The van der Waals surface area contributed by atoms with Gasteiger partial charge < -0.3 is 10.1 Å². The Hall–Kier alpha value is -3.06. The van der Waals surface area contributed by atoms with Crippen LogP contribution in [0.3, 0.4) is 0 Å². The van der Waals surface area contributed by atoms with E-state index in [4.69, 9.17) is 4.74 Å². The number of nitrogens with zero attached hydrogens (tertiary/aromatic N) is 1. The molecule has 0 saturated heterocycles. The lowest BCUT2D eigenvalue weighted by Crippen LogP contribution is -2.33. The molecule has 1 fully saturated rings. The number of ether oxygens (including phenoxy) is 1. The molecule has 0 atom stereocenters. The molecule has 1 saturated carbocycles. The van der Waals surface area contributed by atoms with Gasteiger partial charge in [-0.3, -0.25) is 4.79 Å². The molecule has 0 bridgehead atoms. The molecule has 0 unspecified atom stereocenters. The van der Waals surface area contributed by atoms with Crippen molar-refractivity contribution >= 4 is 12.0 Å². The van der Waals surface area contributed by atoms with Crippen molar-refractivity contribution in [2.75, 3.05) is 0 Å². The zero-order valence-electron chi connectivity index (χ0n) is 13.9. The molecule has 1 N–H and O–H groups in total. The molecule has 4 heteroatoms. The Labute approximate surface area is 147 Å². The average molecular weight is 332 g/mol. The van der Waals surface area contributed by atoms with Crippen LogP contribution in [-0.2, 0) is 4.79 Å². The van der Waals surface area contributed by atoms with Crippen LogP contribution in [0.2, 0.25) is 0 Å². The Morgan fingerprint density at radius 1 is 1.08 bits per heavy atom. The van der Waals surface area contributed by atoms with Crippen LogP contribution in [0.15, 0.2) is 60.2 Å². The van der Waals surface area contributed by atoms with Gasteiger partial charge in [-0.1, -0.05) is 43.2 Å². The number of carbonyl (C=O) groups excluding carboxylic acids is 1. The lowest BCUT2D eigenvalue weighted by atomic mass is 10.1. The van der Waals surface area contributed by atoms with E-state index < -0.39 is 0 Å². The van der Waals surface area contributed by atoms with E-state index in [1.54, 1.807) is 6.08 Å². The highest BCUT2D eigenvalue weighted by Gasteiger charge is 2.19. The van der Waals surface area contributed by atoms with Crippen LogP contribution in [-0.4, -0.2) is 11.9 Å². The summed E-state index contributed by atoms with van der Waals surface area (Å²) in [6.07, 6.45) is 5.85. The van der Waals surface area contributed by atoms with Crippen molar-refractivity contribution in [2.45, 2.75) is 31.7 Å². The van der Waals surface area contributed by atoms with Crippen molar-refractivity contribution in [3.8, 4) is 17.6 Å². The van der Waals surface area contributed by atoms with Crippen LogP contribution in [0, 0.1) is 11.3 Å².